The first-order chi connectivity index (χ1) is 13.7. The molecule has 0 aliphatic heterocycles. The molecule has 0 amide bonds. The van der Waals surface area contributed by atoms with Gasteiger partial charge in [-0.25, -0.2) is 4.68 Å². The molecule has 148 valence electrons. The highest BCUT2D eigenvalue weighted by Crippen LogP contribution is 2.50. The van der Waals surface area contributed by atoms with Crippen LogP contribution >= 0.6 is 0 Å². The summed E-state index contributed by atoms with van der Waals surface area (Å²) in [6, 6.07) is 9.40. The Labute approximate surface area is 163 Å². The minimum Gasteiger partial charge on any atom is -0.494 e. The third kappa shape index (κ3) is 3.40. The molecule has 1 aromatic heterocycles. The van der Waals surface area contributed by atoms with E-state index < -0.39 is 0 Å². The summed E-state index contributed by atoms with van der Waals surface area (Å²) in [6.45, 7) is 2.55. The topological polar surface area (TPSA) is 76.9 Å². The van der Waals surface area contributed by atoms with Crippen LogP contribution in [-0.2, 0) is 0 Å². The van der Waals surface area contributed by atoms with Gasteiger partial charge in [0.25, 0.3) is 0 Å². The van der Waals surface area contributed by atoms with Gasteiger partial charge in [0.1, 0.15) is 5.75 Å². The second-order valence-corrected chi connectivity index (χ2v) is 5.68. The SMILES string of the molecule is CCOc1ccc(-n2nncc2-c2cc(OC)c(OC)c(OC)c2OC)cc1. The highest BCUT2D eigenvalue weighted by atomic mass is 16.5. The normalized spacial score (nSPS) is 10.5. The lowest BCUT2D eigenvalue weighted by Gasteiger charge is -2.18. The molecule has 2 aromatic carbocycles. The van der Waals surface area contributed by atoms with Gasteiger partial charge in [-0.05, 0) is 37.3 Å². The van der Waals surface area contributed by atoms with Crippen LogP contribution in [0.2, 0.25) is 0 Å². The molecule has 0 saturated heterocycles. The lowest BCUT2D eigenvalue weighted by molar-refractivity contribution is 0.306. The molecule has 0 saturated carbocycles. The summed E-state index contributed by atoms with van der Waals surface area (Å²) < 4.78 is 29.3. The van der Waals surface area contributed by atoms with Gasteiger partial charge in [-0.15, -0.1) is 5.10 Å². The third-order valence-electron chi connectivity index (χ3n) is 4.21. The first kappa shape index (κ1) is 19.3. The minimum atomic E-state index is 0.429. The summed E-state index contributed by atoms with van der Waals surface area (Å²) in [6.07, 6.45) is 1.65. The number of aromatic nitrogens is 3. The molecule has 3 aromatic rings. The van der Waals surface area contributed by atoms with E-state index in [0.717, 1.165) is 11.4 Å². The van der Waals surface area contributed by atoms with Crippen LogP contribution in [0, 0.1) is 0 Å². The van der Waals surface area contributed by atoms with E-state index in [2.05, 4.69) is 10.3 Å². The summed E-state index contributed by atoms with van der Waals surface area (Å²) in [5, 5.41) is 8.30. The minimum absolute atomic E-state index is 0.429. The number of hydrogen-bond donors (Lipinski definition) is 0. The quantitative estimate of drug-likeness (QED) is 0.588. The molecule has 1 heterocycles. The van der Waals surface area contributed by atoms with Gasteiger partial charge in [0.2, 0.25) is 11.5 Å². The Bertz CT molecular complexity index is 938. The molecular formula is C20H23N3O5. The smallest absolute Gasteiger partial charge is 0.207 e. The zero-order chi connectivity index (χ0) is 20.1. The summed E-state index contributed by atoms with van der Waals surface area (Å²) in [5.74, 6) is 2.67. The van der Waals surface area contributed by atoms with Gasteiger partial charge < -0.3 is 23.7 Å². The molecular weight excluding hydrogens is 362 g/mol. The Kier molecular flexibility index (Phi) is 5.88. The van der Waals surface area contributed by atoms with Crippen LogP contribution in [0.5, 0.6) is 28.7 Å². The van der Waals surface area contributed by atoms with Gasteiger partial charge in [-0.2, -0.15) is 0 Å². The van der Waals surface area contributed by atoms with Crippen molar-refractivity contribution in [3.8, 4) is 45.7 Å². The average molecular weight is 385 g/mol. The van der Waals surface area contributed by atoms with Crippen molar-refractivity contribution in [3.05, 3.63) is 36.5 Å². The van der Waals surface area contributed by atoms with E-state index in [1.807, 2.05) is 37.3 Å². The van der Waals surface area contributed by atoms with Gasteiger partial charge in [0.05, 0.1) is 58.2 Å². The van der Waals surface area contributed by atoms with Crippen LogP contribution in [-0.4, -0.2) is 50.0 Å². The lowest BCUT2D eigenvalue weighted by Crippen LogP contribution is -2.03. The standard InChI is InChI=1S/C20H23N3O5/c1-6-28-14-9-7-13(8-10-14)23-16(12-21-22-23)15-11-17(24-2)19(26-4)20(27-5)18(15)25-3/h7-12H,6H2,1-5H3. The number of ether oxygens (including phenoxy) is 5. The third-order valence-corrected chi connectivity index (χ3v) is 4.21. The summed E-state index contributed by atoms with van der Waals surface area (Å²) in [5.41, 5.74) is 2.24. The molecule has 0 fully saturated rings. The Morgan fingerprint density at radius 3 is 2.11 bits per heavy atom. The maximum atomic E-state index is 5.63. The van der Waals surface area contributed by atoms with Crippen molar-refractivity contribution in [2.45, 2.75) is 6.92 Å². The first-order valence-corrected chi connectivity index (χ1v) is 8.69. The van der Waals surface area contributed by atoms with Gasteiger partial charge in [0, 0.05) is 0 Å². The molecule has 0 bridgehead atoms. The van der Waals surface area contributed by atoms with Gasteiger partial charge >= 0.3 is 0 Å². The Hall–Kier alpha value is -3.42. The summed E-state index contributed by atoms with van der Waals surface area (Å²) >= 11 is 0. The van der Waals surface area contributed by atoms with Crippen LogP contribution in [0.3, 0.4) is 0 Å². The second kappa shape index (κ2) is 8.51. The van der Waals surface area contributed by atoms with Crippen molar-refractivity contribution in [2.24, 2.45) is 0 Å². The lowest BCUT2D eigenvalue weighted by atomic mass is 10.1. The number of methoxy groups -OCH3 is 4. The van der Waals surface area contributed by atoms with Crippen LogP contribution in [0.15, 0.2) is 36.5 Å². The van der Waals surface area contributed by atoms with E-state index in [4.69, 9.17) is 23.7 Å². The van der Waals surface area contributed by atoms with E-state index in [1.165, 1.54) is 0 Å². The molecule has 0 aliphatic rings. The molecule has 0 spiro atoms. The van der Waals surface area contributed by atoms with Crippen LogP contribution in [0.25, 0.3) is 16.9 Å². The van der Waals surface area contributed by atoms with E-state index >= 15 is 0 Å². The fourth-order valence-electron chi connectivity index (χ4n) is 2.98. The van der Waals surface area contributed by atoms with Crippen molar-refractivity contribution in [1.29, 1.82) is 0 Å². The Morgan fingerprint density at radius 2 is 1.54 bits per heavy atom. The molecule has 8 nitrogen and oxygen atoms in total. The monoisotopic (exact) mass is 385 g/mol. The maximum absolute atomic E-state index is 5.63. The Morgan fingerprint density at radius 1 is 0.857 bits per heavy atom. The zero-order valence-electron chi connectivity index (χ0n) is 16.6. The average Bonchev–Trinajstić information content (AvgIpc) is 3.22. The molecule has 0 atom stereocenters. The van der Waals surface area contributed by atoms with Crippen molar-refractivity contribution >= 4 is 0 Å². The number of hydrogen-bond acceptors (Lipinski definition) is 7. The maximum Gasteiger partial charge on any atom is 0.207 e. The van der Waals surface area contributed by atoms with Crippen molar-refractivity contribution in [2.75, 3.05) is 35.0 Å². The van der Waals surface area contributed by atoms with Crippen LogP contribution in [0.4, 0.5) is 0 Å². The summed E-state index contributed by atoms with van der Waals surface area (Å²) in [4.78, 5) is 0. The molecule has 0 N–H and O–H groups in total. The largest absolute Gasteiger partial charge is 0.494 e. The number of nitrogens with zero attached hydrogens (tertiary/aromatic N) is 3. The first-order valence-electron chi connectivity index (χ1n) is 8.69. The predicted molar refractivity (Wildman–Crippen MR) is 104 cm³/mol. The molecule has 28 heavy (non-hydrogen) atoms. The number of benzene rings is 2. The van der Waals surface area contributed by atoms with Gasteiger partial charge in [-0.1, -0.05) is 5.21 Å². The van der Waals surface area contributed by atoms with Gasteiger partial charge in [0.15, 0.2) is 11.5 Å². The molecule has 8 heteroatoms. The molecule has 0 aliphatic carbocycles. The second-order valence-electron chi connectivity index (χ2n) is 5.68. The fourth-order valence-corrected chi connectivity index (χ4v) is 2.98. The van der Waals surface area contributed by atoms with Crippen LogP contribution in [0.1, 0.15) is 6.92 Å². The van der Waals surface area contributed by atoms with Gasteiger partial charge in [-0.3, -0.25) is 0 Å². The van der Waals surface area contributed by atoms with E-state index in [1.54, 1.807) is 39.3 Å². The van der Waals surface area contributed by atoms with Crippen molar-refractivity contribution in [1.82, 2.24) is 15.0 Å². The highest BCUT2D eigenvalue weighted by molar-refractivity contribution is 5.78. The van der Waals surface area contributed by atoms with E-state index in [0.29, 0.717) is 40.9 Å². The molecule has 3 rings (SSSR count). The molecule has 0 radical (unpaired) electrons. The Balaban J connectivity index is 2.16. The number of rotatable bonds is 8. The van der Waals surface area contributed by atoms with Crippen LogP contribution < -0.4 is 23.7 Å². The predicted octanol–water partition coefficient (Wildman–Crippen LogP) is 3.37. The van der Waals surface area contributed by atoms with E-state index in [-0.39, 0.29) is 0 Å². The van der Waals surface area contributed by atoms with Crippen molar-refractivity contribution < 1.29 is 23.7 Å². The highest BCUT2D eigenvalue weighted by Gasteiger charge is 2.24. The summed E-state index contributed by atoms with van der Waals surface area (Å²) in [7, 11) is 6.23. The van der Waals surface area contributed by atoms with Crippen molar-refractivity contribution in [3.63, 3.8) is 0 Å². The fraction of sp³-hybridized carbons (Fsp3) is 0.300. The zero-order valence-corrected chi connectivity index (χ0v) is 16.6. The van der Waals surface area contributed by atoms with E-state index in [9.17, 15) is 0 Å². The molecule has 0 unspecified atom stereocenters.